The maximum atomic E-state index is 6.52. The fraction of sp³-hybridized carbons (Fsp3) is 0.300. The van der Waals surface area contributed by atoms with E-state index in [1.807, 2.05) is 18.2 Å². The number of hydrogen-bond acceptors (Lipinski definition) is 3. The van der Waals surface area contributed by atoms with Gasteiger partial charge in [-0.05, 0) is 58.1 Å². The molecule has 4 rings (SSSR count). The van der Waals surface area contributed by atoms with Crippen molar-refractivity contribution in [2.24, 2.45) is 5.92 Å². The summed E-state index contributed by atoms with van der Waals surface area (Å²) in [6.07, 6.45) is 5.49. The van der Waals surface area contributed by atoms with E-state index in [9.17, 15) is 0 Å². The minimum atomic E-state index is 0.119. The molecule has 0 amide bonds. The molecule has 0 spiro atoms. The fourth-order valence-corrected chi connectivity index (χ4v) is 5.33. The van der Waals surface area contributed by atoms with Gasteiger partial charge in [-0.2, -0.15) is 0 Å². The molecule has 2 aromatic rings. The Kier molecular flexibility index (Phi) is 4.84. The predicted octanol–water partition coefficient (Wildman–Crippen LogP) is 6.60. The SMILES string of the molecule is COc1cc([C@H]2Nc3cc(Cl)cc(Cl)c3[C@@H]3C=CC[C@@H]23)cc(Br)c1OC. The summed E-state index contributed by atoms with van der Waals surface area (Å²) >= 11 is 16.4. The van der Waals surface area contributed by atoms with Crippen LogP contribution in [0.2, 0.25) is 10.0 Å². The van der Waals surface area contributed by atoms with Crippen molar-refractivity contribution in [2.45, 2.75) is 18.4 Å². The molecule has 0 fully saturated rings. The minimum Gasteiger partial charge on any atom is -0.493 e. The van der Waals surface area contributed by atoms with Crippen LogP contribution in [0.5, 0.6) is 11.5 Å². The Balaban J connectivity index is 1.82. The van der Waals surface area contributed by atoms with Crippen LogP contribution in [0.15, 0.2) is 40.9 Å². The van der Waals surface area contributed by atoms with Crippen molar-refractivity contribution in [2.75, 3.05) is 19.5 Å². The number of fused-ring (bicyclic) bond motifs is 3. The maximum Gasteiger partial charge on any atom is 0.174 e. The number of halogens is 3. The average molecular weight is 455 g/mol. The molecular formula is C20H18BrCl2NO2. The van der Waals surface area contributed by atoms with Gasteiger partial charge < -0.3 is 14.8 Å². The van der Waals surface area contributed by atoms with Gasteiger partial charge in [-0.3, -0.25) is 0 Å². The van der Waals surface area contributed by atoms with E-state index in [4.69, 9.17) is 32.7 Å². The Morgan fingerprint density at radius 1 is 1.12 bits per heavy atom. The molecule has 1 aliphatic carbocycles. The molecule has 3 atom stereocenters. The molecule has 1 N–H and O–H groups in total. The zero-order valence-electron chi connectivity index (χ0n) is 14.4. The van der Waals surface area contributed by atoms with Crippen LogP contribution >= 0.6 is 39.1 Å². The summed E-state index contributed by atoms with van der Waals surface area (Å²) in [5.41, 5.74) is 3.26. The van der Waals surface area contributed by atoms with Crippen LogP contribution in [0, 0.1) is 5.92 Å². The summed E-state index contributed by atoms with van der Waals surface area (Å²) < 4.78 is 11.8. The minimum absolute atomic E-state index is 0.119. The van der Waals surface area contributed by atoms with E-state index in [1.54, 1.807) is 14.2 Å². The fourth-order valence-electron chi connectivity index (χ4n) is 4.09. The molecule has 1 aliphatic heterocycles. The van der Waals surface area contributed by atoms with Gasteiger partial charge in [0, 0.05) is 27.2 Å². The summed E-state index contributed by atoms with van der Waals surface area (Å²) in [5.74, 6) is 2.05. The highest BCUT2D eigenvalue weighted by Crippen LogP contribution is 2.53. The van der Waals surface area contributed by atoms with Crippen molar-refractivity contribution in [3.8, 4) is 11.5 Å². The Labute approximate surface area is 171 Å². The molecule has 2 aromatic carbocycles. The second-order valence-corrected chi connectivity index (χ2v) is 8.26. The Morgan fingerprint density at radius 2 is 1.92 bits per heavy atom. The standard InChI is InChI=1S/C20H18BrCl2NO2/c1-25-17-7-10(6-14(21)20(17)26-2)19-13-5-3-4-12(13)18-15(23)8-11(22)9-16(18)24-19/h3-4,6-9,12-13,19,24H,5H2,1-2H3/t12-,13-,19-/m1/s1. The van der Waals surface area contributed by atoms with Crippen molar-refractivity contribution in [1.82, 2.24) is 0 Å². The Bertz CT molecular complexity index is 900. The molecule has 0 bridgehead atoms. The third-order valence-corrected chi connectivity index (χ3v) is 6.31. The van der Waals surface area contributed by atoms with Crippen molar-refractivity contribution in [3.05, 3.63) is 62.1 Å². The lowest BCUT2D eigenvalue weighted by Gasteiger charge is -2.38. The number of ether oxygens (including phenoxy) is 2. The van der Waals surface area contributed by atoms with Gasteiger partial charge in [-0.25, -0.2) is 0 Å². The van der Waals surface area contributed by atoms with E-state index < -0.39 is 0 Å². The second kappa shape index (κ2) is 6.99. The van der Waals surface area contributed by atoms with E-state index in [2.05, 4.69) is 39.5 Å². The molecule has 0 saturated carbocycles. The highest BCUT2D eigenvalue weighted by Gasteiger charge is 2.39. The van der Waals surface area contributed by atoms with Gasteiger partial charge in [-0.15, -0.1) is 0 Å². The lowest BCUT2D eigenvalue weighted by atomic mass is 9.77. The van der Waals surface area contributed by atoms with E-state index >= 15 is 0 Å². The summed E-state index contributed by atoms with van der Waals surface area (Å²) in [5, 5.41) is 5.01. The number of nitrogens with one attached hydrogen (secondary N) is 1. The van der Waals surface area contributed by atoms with Gasteiger partial charge in [0.1, 0.15) is 0 Å². The van der Waals surface area contributed by atoms with Crippen LogP contribution < -0.4 is 14.8 Å². The number of hydrogen-bond donors (Lipinski definition) is 1. The van der Waals surface area contributed by atoms with Gasteiger partial charge in [0.2, 0.25) is 0 Å². The van der Waals surface area contributed by atoms with Crippen molar-refractivity contribution in [3.63, 3.8) is 0 Å². The quantitative estimate of drug-likeness (QED) is 0.530. The Morgan fingerprint density at radius 3 is 2.65 bits per heavy atom. The molecule has 1 heterocycles. The summed E-state index contributed by atoms with van der Waals surface area (Å²) in [4.78, 5) is 0. The lowest BCUT2D eigenvalue weighted by Crippen LogP contribution is -2.29. The molecule has 3 nitrogen and oxygen atoms in total. The van der Waals surface area contributed by atoms with Gasteiger partial charge >= 0.3 is 0 Å². The maximum absolute atomic E-state index is 6.52. The van der Waals surface area contributed by atoms with Gasteiger partial charge in [0.25, 0.3) is 0 Å². The predicted molar refractivity (Wildman–Crippen MR) is 110 cm³/mol. The average Bonchev–Trinajstić information content (AvgIpc) is 3.09. The first-order valence-corrected chi connectivity index (χ1v) is 9.92. The number of allylic oxidation sites excluding steroid dienone is 2. The van der Waals surface area contributed by atoms with Gasteiger partial charge in [0.05, 0.1) is 24.7 Å². The molecule has 26 heavy (non-hydrogen) atoms. The first kappa shape index (κ1) is 18.0. The van der Waals surface area contributed by atoms with Gasteiger partial charge in [-0.1, -0.05) is 35.4 Å². The van der Waals surface area contributed by atoms with Crippen molar-refractivity contribution in [1.29, 1.82) is 0 Å². The largest absolute Gasteiger partial charge is 0.493 e. The number of methoxy groups -OCH3 is 2. The molecule has 6 heteroatoms. The first-order valence-electron chi connectivity index (χ1n) is 8.37. The number of rotatable bonds is 3. The van der Waals surface area contributed by atoms with Crippen LogP contribution in [0.4, 0.5) is 5.69 Å². The summed E-state index contributed by atoms with van der Waals surface area (Å²) in [7, 11) is 3.29. The molecule has 136 valence electrons. The van der Waals surface area contributed by atoms with Crippen molar-refractivity contribution < 1.29 is 9.47 Å². The van der Waals surface area contributed by atoms with Crippen LogP contribution in [0.3, 0.4) is 0 Å². The molecule has 0 aromatic heterocycles. The van der Waals surface area contributed by atoms with E-state index in [0.717, 1.165) is 27.7 Å². The van der Waals surface area contributed by atoms with Crippen LogP contribution in [-0.4, -0.2) is 14.2 Å². The third-order valence-electron chi connectivity index (χ3n) is 5.19. The topological polar surface area (TPSA) is 30.5 Å². The third kappa shape index (κ3) is 2.88. The zero-order valence-corrected chi connectivity index (χ0v) is 17.5. The van der Waals surface area contributed by atoms with E-state index in [0.29, 0.717) is 27.5 Å². The summed E-state index contributed by atoms with van der Waals surface area (Å²) in [6, 6.07) is 8.01. The Hall–Kier alpha value is -1.36. The summed E-state index contributed by atoms with van der Waals surface area (Å²) in [6.45, 7) is 0. The molecule has 0 saturated heterocycles. The smallest absolute Gasteiger partial charge is 0.174 e. The lowest BCUT2D eigenvalue weighted by molar-refractivity contribution is 0.351. The van der Waals surface area contributed by atoms with Gasteiger partial charge in [0.15, 0.2) is 11.5 Å². The normalized spacial score (nSPS) is 23.2. The highest BCUT2D eigenvalue weighted by molar-refractivity contribution is 9.10. The molecule has 0 unspecified atom stereocenters. The van der Waals surface area contributed by atoms with E-state index in [-0.39, 0.29) is 12.0 Å². The molecular weight excluding hydrogens is 437 g/mol. The first-order chi connectivity index (χ1) is 12.5. The molecule has 2 aliphatic rings. The van der Waals surface area contributed by atoms with Crippen LogP contribution in [-0.2, 0) is 0 Å². The molecule has 0 radical (unpaired) electrons. The zero-order chi connectivity index (χ0) is 18.4. The van der Waals surface area contributed by atoms with Crippen LogP contribution in [0.25, 0.3) is 0 Å². The monoisotopic (exact) mass is 453 g/mol. The van der Waals surface area contributed by atoms with Crippen LogP contribution in [0.1, 0.15) is 29.5 Å². The number of benzene rings is 2. The second-order valence-electron chi connectivity index (χ2n) is 6.56. The van der Waals surface area contributed by atoms with E-state index in [1.165, 1.54) is 0 Å². The van der Waals surface area contributed by atoms with Crippen molar-refractivity contribution >= 4 is 44.8 Å². The highest BCUT2D eigenvalue weighted by atomic mass is 79.9. The number of anilines is 1.